The highest BCUT2D eigenvalue weighted by Gasteiger charge is 2.18. The summed E-state index contributed by atoms with van der Waals surface area (Å²) < 4.78 is 0. The monoisotopic (exact) mass is 339 g/mol. The average Bonchev–Trinajstić information content (AvgIpc) is 2.97. The predicted molar refractivity (Wildman–Crippen MR) is 95.6 cm³/mol. The Bertz CT molecular complexity index is 860. The Balaban J connectivity index is 1.90. The third kappa shape index (κ3) is 3.41. The van der Waals surface area contributed by atoms with E-state index in [0.29, 0.717) is 11.0 Å². The highest BCUT2D eigenvalue weighted by Crippen LogP contribution is 2.29. The summed E-state index contributed by atoms with van der Waals surface area (Å²) in [5.74, 6) is 0.401. The van der Waals surface area contributed by atoms with Gasteiger partial charge in [0.05, 0.1) is 16.3 Å². The van der Waals surface area contributed by atoms with Crippen LogP contribution in [-0.2, 0) is 0 Å². The molecule has 1 aromatic carbocycles. The maximum absolute atomic E-state index is 12.1. The van der Waals surface area contributed by atoms with Crippen molar-refractivity contribution in [1.29, 1.82) is 0 Å². The molecule has 2 heterocycles. The van der Waals surface area contributed by atoms with Crippen LogP contribution in [-0.4, -0.2) is 39.9 Å². The van der Waals surface area contributed by atoms with Gasteiger partial charge in [0.25, 0.3) is 5.91 Å². The van der Waals surface area contributed by atoms with Gasteiger partial charge in [-0.1, -0.05) is 18.2 Å². The van der Waals surface area contributed by atoms with Crippen molar-refractivity contribution in [3.8, 4) is 10.6 Å². The Labute approximate surface area is 144 Å². The first-order valence-electron chi connectivity index (χ1n) is 7.39. The van der Waals surface area contributed by atoms with Crippen molar-refractivity contribution in [2.45, 2.75) is 6.92 Å². The number of amides is 1. The van der Waals surface area contributed by atoms with E-state index in [2.05, 4.69) is 20.3 Å². The Hall–Kier alpha value is -2.80. The van der Waals surface area contributed by atoms with Crippen molar-refractivity contribution < 1.29 is 4.79 Å². The van der Waals surface area contributed by atoms with Gasteiger partial charge in [-0.25, -0.2) is 15.0 Å². The lowest BCUT2D eigenvalue weighted by Crippen LogP contribution is -2.21. The van der Waals surface area contributed by atoms with Gasteiger partial charge < -0.3 is 10.2 Å². The van der Waals surface area contributed by atoms with Crippen LogP contribution in [0.5, 0.6) is 0 Å². The molecule has 6 nitrogen and oxygen atoms in total. The largest absolute Gasteiger partial charge is 0.343 e. The Morgan fingerprint density at radius 1 is 1.12 bits per heavy atom. The molecule has 0 atom stereocenters. The highest BCUT2D eigenvalue weighted by molar-refractivity contribution is 7.17. The molecule has 3 aromatic rings. The lowest BCUT2D eigenvalue weighted by molar-refractivity contribution is 0.0827. The Kier molecular flexibility index (Phi) is 4.52. The van der Waals surface area contributed by atoms with Gasteiger partial charge in [0.2, 0.25) is 5.95 Å². The molecule has 0 aliphatic rings. The van der Waals surface area contributed by atoms with Crippen LogP contribution in [0.4, 0.5) is 11.6 Å². The Morgan fingerprint density at radius 2 is 1.88 bits per heavy atom. The number of benzene rings is 1. The van der Waals surface area contributed by atoms with Crippen LogP contribution in [0.15, 0.2) is 42.6 Å². The second-order valence-corrected chi connectivity index (χ2v) is 6.39. The number of carbonyl (C=O) groups is 1. The fourth-order valence-electron chi connectivity index (χ4n) is 2.11. The summed E-state index contributed by atoms with van der Waals surface area (Å²) in [6.07, 6.45) is 1.69. The smallest absolute Gasteiger partial charge is 0.282 e. The van der Waals surface area contributed by atoms with E-state index >= 15 is 0 Å². The van der Waals surface area contributed by atoms with Gasteiger partial charge in [0, 0.05) is 26.0 Å². The highest BCUT2D eigenvalue weighted by atomic mass is 32.1. The normalized spacial score (nSPS) is 10.5. The van der Waals surface area contributed by atoms with E-state index in [9.17, 15) is 4.79 Å². The fraction of sp³-hybridized carbons (Fsp3) is 0.176. The maximum atomic E-state index is 12.1. The van der Waals surface area contributed by atoms with E-state index in [0.717, 1.165) is 22.0 Å². The summed E-state index contributed by atoms with van der Waals surface area (Å²) in [6.45, 7) is 1.88. The van der Waals surface area contributed by atoms with Gasteiger partial charge in [-0.2, -0.15) is 0 Å². The molecule has 1 amide bonds. The number of rotatable bonds is 4. The van der Waals surface area contributed by atoms with Crippen molar-refractivity contribution in [1.82, 2.24) is 19.9 Å². The average molecular weight is 339 g/mol. The predicted octanol–water partition coefficient (Wildman–Crippen LogP) is 3.35. The molecule has 0 aliphatic heterocycles. The second kappa shape index (κ2) is 6.76. The molecule has 0 bridgehead atoms. The quantitative estimate of drug-likeness (QED) is 0.789. The summed E-state index contributed by atoms with van der Waals surface area (Å²) >= 11 is 1.34. The molecule has 122 valence electrons. The number of hydrogen-bond acceptors (Lipinski definition) is 6. The molecule has 0 unspecified atom stereocenters. The zero-order chi connectivity index (χ0) is 17.1. The molecule has 0 spiro atoms. The van der Waals surface area contributed by atoms with Crippen LogP contribution < -0.4 is 5.32 Å². The first-order chi connectivity index (χ1) is 11.5. The molecule has 0 fully saturated rings. The van der Waals surface area contributed by atoms with E-state index in [1.807, 2.05) is 43.3 Å². The second-order valence-electron chi connectivity index (χ2n) is 5.39. The third-order valence-electron chi connectivity index (χ3n) is 3.30. The van der Waals surface area contributed by atoms with Crippen molar-refractivity contribution in [3.63, 3.8) is 0 Å². The number of hydrogen-bond donors (Lipinski definition) is 1. The molecule has 24 heavy (non-hydrogen) atoms. The lowest BCUT2D eigenvalue weighted by Gasteiger charge is -2.06. The first kappa shape index (κ1) is 16.1. The van der Waals surface area contributed by atoms with Crippen molar-refractivity contribution in [2.75, 3.05) is 19.4 Å². The minimum Gasteiger partial charge on any atom is -0.343 e. The molecule has 0 saturated carbocycles. The maximum Gasteiger partial charge on any atom is 0.282 e. The third-order valence-corrected chi connectivity index (χ3v) is 4.47. The van der Waals surface area contributed by atoms with Gasteiger partial charge >= 0.3 is 0 Å². The number of carbonyl (C=O) groups excluding carboxylic acids is 1. The summed E-state index contributed by atoms with van der Waals surface area (Å²) in [6, 6.07) is 11.5. The lowest BCUT2D eigenvalue weighted by atomic mass is 10.3. The number of nitrogens with zero attached hydrogens (tertiary/aromatic N) is 4. The zero-order valence-corrected chi connectivity index (χ0v) is 14.5. The number of aryl methyl sites for hydroxylation is 1. The molecule has 7 heteroatoms. The SMILES string of the molecule is Cc1nc(C(=O)N(C)C)sc1-c1ccnc(Nc2ccccc2)n1. The molecule has 2 aromatic heterocycles. The fourth-order valence-corrected chi connectivity index (χ4v) is 3.17. The summed E-state index contributed by atoms with van der Waals surface area (Å²) in [5.41, 5.74) is 2.45. The van der Waals surface area contributed by atoms with E-state index in [1.54, 1.807) is 20.3 Å². The molecular weight excluding hydrogens is 322 g/mol. The zero-order valence-electron chi connectivity index (χ0n) is 13.6. The number of anilines is 2. The molecule has 0 aliphatic carbocycles. The molecule has 0 saturated heterocycles. The van der Waals surface area contributed by atoms with Crippen LogP contribution in [0.1, 0.15) is 15.5 Å². The van der Waals surface area contributed by atoms with Gasteiger partial charge in [-0.05, 0) is 25.1 Å². The van der Waals surface area contributed by atoms with Crippen molar-refractivity contribution >= 4 is 28.9 Å². The molecule has 3 rings (SSSR count). The van der Waals surface area contributed by atoms with Gasteiger partial charge in [0.1, 0.15) is 0 Å². The topological polar surface area (TPSA) is 71.0 Å². The molecule has 0 radical (unpaired) electrons. The van der Waals surface area contributed by atoms with Crippen LogP contribution in [0, 0.1) is 6.92 Å². The minimum atomic E-state index is -0.106. The van der Waals surface area contributed by atoms with E-state index in [4.69, 9.17) is 0 Å². The number of para-hydroxylation sites is 1. The van der Waals surface area contributed by atoms with E-state index < -0.39 is 0 Å². The van der Waals surface area contributed by atoms with E-state index in [1.165, 1.54) is 16.2 Å². The van der Waals surface area contributed by atoms with Crippen LogP contribution in [0.2, 0.25) is 0 Å². The van der Waals surface area contributed by atoms with Gasteiger partial charge in [0.15, 0.2) is 5.01 Å². The van der Waals surface area contributed by atoms with E-state index in [-0.39, 0.29) is 5.91 Å². The van der Waals surface area contributed by atoms with Crippen LogP contribution in [0.3, 0.4) is 0 Å². The number of aromatic nitrogens is 3. The van der Waals surface area contributed by atoms with Gasteiger partial charge in [-0.15, -0.1) is 11.3 Å². The Morgan fingerprint density at radius 3 is 2.58 bits per heavy atom. The number of thiazole rings is 1. The van der Waals surface area contributed by atoms with Crippen molar-refractivity contribution in [2.24, 2.45) is 0 Å². The first-order valence-corrected chi connectivity index (χ1v) is 8.21. The molecular formula is C17H17N5OS. The standard InChI is InChI=1S/C17H17N5OS/c1-11-14(24-15(19-11)16(23)22(2)3)13-9-10-18-17(21-13)20-12-7-5-4-6-8-12/h4-10H,1-3H3,(H,18,20,21). The molecule has 1 N–H and O–H groups in total. The summed E-state index contributed by atoms with van der Waals surface area (Å²) in [7, 11) is 3.43. The van der Waals surface area contributed by atoms with Crippen LogP contribution >= 0.6 is 11.3 Å². The van der Waals surface area contributed by atoms with Crippen LogP contribution in [0.25, 0.3) is 10.6 Å². The number of nitrogens with one attached hydrogen (secondary N) is 1. The summed E-state index contributed by atoms with van der Waals surface area (Å²) in [4.78, 5) is 27.6. The minimum absolute atomic E-state index is 0.106. The summed E-state index contributed by atoms with van der Waals surface area (Å²) in [5, 5.41) is 3.63. The van der Waals surface area contributed by atoms with Gasteiger partial charge in [-0.3, -0.25) is 4.79 Å². The van der Waals surface area contributed by atoms with Crippen molar-refractivity contribution in [3.05, 3.63) is 53.3 Å².